The lowest BCUT2D eigenvalue weighted by atomic mass is 10.1. The third-order valence-corrected chi connectivity index (χ3v) is 2.83. The van der Waals surface area contributed by atoms with Crippen molar-refractivity contribution in [1.29, 1.82) is 0 Å². The number of benzene rings is 1. The standard InChI is InChI=1S/C12H14N2O3/c1-8-4-3-5-9-6-7-14(10(8)9)12(16)11(15)13-17-2/h3-5H,6-7H2,1-2H3,(H,13,15). The fourth-order valence-electron chi connectivity index (χ4n) is 2.11. The topological polar surface area (TPSA) is 58.6 Å². The van der Waals surface area contributed by atoms with Gasteiger partial charge in [-0.15, -0.1) is 0 Å². The van der Waals surface area contributed by atoms with E-state index in [2.05, 4.69) is 4.84 Å². The van der Waals surface area contributed by atoms with Gasteiger partial charge < -0.3 is 4.90 Å². The minimum absolute atomic E-state index is 0.538. The lowest BCUT2D eigenvalue weighted by Crippen LogP contribution is -2.42. The number of rotatable bonds is 1. The molecule has 2 rings (SSSR count). The van der Waals surface area contributed by atoms with E-state index in [1.54, 1.807) is 0 Å². The molecule has 1 aromatic rings. The molecule has 0 fully saturated rings. The minimum atomic E-state index is -0.747. The van der Waals surface area contributed by atoms with E-state index in [0.29, 0.717) is 6.54 Å². The number of anilines is 1. The number of hydroxylamine groups is 1. The molecule has 90 valence electrons. The molecule has 1 aromatic carbocycles. The summed E-state index contributed by atoms with van der Waals surface area (Å²) in [6.45, 7) is 2.47. The number of aryl methyl sites for hydroxylation is 1. The largest absolute Gasteiger partial charge is 0.333 e. The molecule has 0 aliphatic carbocycles. The van der Waals surface area contributed by atoms with E-state index >= 15 is 0 Å². The van der Waals surface area contributed by atoms with Crippen LogP contribution in [0.3, 0.4) is 0 Å². The number of nitrogens with zero attached hydrogens (tertiary/aromatic N) is 1. The van der Waals surface area contributed by atoms with Gasteiger partial charge in [-0.05, 0) is 24.5 Å². The molecule has 0 saturated heterocycles. The fraction of sp³-hybridized carbons (Fsp3) is 0.333. The van der Waals surface area contributed by atoms with Gasteiger partial charge in [0.2, 0.25) is 0 Å². The molecule has 0 aromatic heterocycles. The molecule has 5 nitrogen and oxygen atoms in total. The number of fused-ring (bicyclic) bond motifs is 1. The highest BCUT2D eigenvalue weighted by Gasteiger charge is 2.30. The molecule has 0 radical (unpaired) electrons. The zero-order valence-corrected chi connectivity index (χ0v) is 9.82. The van der Waals surface area contributed by atoms with Crippen LogP contribution in [0.5, 0.6) is 0 Å². The Hall–Kier alpha value is -1.88. The number of amides is 2. The maximum atomic E-state index is 11.9. The summed E-state index contributed by atoms with van der Waals surface area (Å²) in [4.78, 5) is 29.3. The van der Waals surface area contributed by atoms with Gasteiger partial charge in [-0.2, -0.15) is 0 Å². The van der Waals surface area contributed by atoms with Gasteiger partial charge in [0.25, 0.3) is 0 Å². The summed E-state index contributed by atoms with van der Waals surface area (Å²) in [6.07, 6.45) is 0.781. The van der Waals surface area contributed by atoms with Crippen LogP contribution < -0.4 is 10.4 Å². The smallest absolute Gasteiger partial charge is 0.303 e. The Labute approximate surface area is 99.3 Å². The Morgan fingerprint density at radius 3 is 2.88 bits per heavy atom. The molecule has 1 N–H and O–H groups in total. The molecule has 0 bridgehead atoms. The van der Waals surface area contributed by atoms with E-state index in [4.69, 9.17) is 0 Å². The molecule has 17 heavy (non-hydrogen) atoms. The number of para-hydroxylation sites is 1. The van der Waals surface area contributed by atoms with Gasteiger partial charge in [-0.3, -0.25) is 14.4 Å². The van der Waals surface area contributed by atoms with E-state index in [0.717, 1.165) is 23.2 Å². The highest BCUT2D eigenvalue weighted by Crippen LogP contribution is 2.31. The third-order valence-electron chi connectivity index (χ3n) is 2.83. The molecule has 0 atom stereocenters. The van der Waals surface area contributed by atoms with E-state index in [9.17, 15) is 9.59 Å². The predicted octanol–water partition coefficient (Wildman–Crippen LogP) is 0.562. The van der Waals surface area contributed by atoms with Crippen molar-refractivity contribution in [3.8, 4) is 0 Å². The molecule has 1 aliphatic rings. The molecular formula is C12H14N2O3. The van der Waals surface area contributed by atoms with Crippen molar-refractivity contribution in [1.82, 2.24) is 5.48 Å². The number of nitrogens with one attached hydrogen (secondary N) is 1. The van der Waals surface area contributed by atoms with Crippen LogP contribution in [0.2, 0.25) is 0 Å². The van der Waals surface area contributed by atoms with Gasteiger partial charge >= 0.3 is 11.8 Å². The van der Waals surface area contributed by atoms with Crippen LogP contribution in [-0.4, -0.2) is 25.5 Å². The van der Waals surface area contributed by atoms with Crippen LogP contribution in [0.15, 0.2) is 18.2 Å². The van der Waals surface area contributed by atoms with Crippen molar-refractivity contribution >= 4 is 17.5 Å². The Morgan fingerprint density at radius 1 is 1.41 bits per heavy atom. The van der Waals surface area contributed by atoms with Crippen molar-refractivity contribution in [3.63, 3.8) is 0 Å². The first-order valence-electron chi connectivity index (χ1n) is 5.38. The number of carbonyl (C=O) groups is 2. The lowest BCUT2D eigenvalue weighted by Gasteiger charge is -2.18. The van der Waals surface area contributed by atoms with Crippen LogP contribution >= 0.6 is 0 Å². The van der Waals surface area contributed by atoms with Crippen molar-refractivity contribution < 1.29 is 14.4 Å². The first-order valence-corrected chi connectivity index (χ1v) is 5.38. The molecule has 2 amide bonds. The van der Waals surface area contributed by atoms with Crippen LogP contribution in [0.25, 0.3) is 0 Å². The van der Waals surface area contributed by atoms with Gasteiger partial charge in [0.05, 0.1) is 12.8 Å². The molecule has 1 heterocycles. The molecule has 0 saturated carbocycles. The van der Waals surface area contributed by atoms with Crippen LogP contribution in [0, 0.1) is 6.92 Å². The highest BCUT2D eigenvalue weighted by atomic mass is 16.6. The predicted molar refractivity (Wildman–Crippen MR) is 62.4 cm³/mol. The number of hydrogen-bond donors (Lipinski definition) is 1. The van der Waals surface area contributed by atoms with Crippen molar-refractivity contribution in [2.75, 3.05) is 18.6 Å². The van der Waals surface area contributed by atoms with E-state index in [1.807, 2.05) is 30.6 Å². The summed E-state index contributed by atoms with van der Waals surface area (Å²) in [5.74, 6) is -1.33. The second-order valence-electron chi connectivity index (χ2n) is 3.92. The average Bonchev–Trinajstić information content (AvgIpc) is 2.73. The van der Waals surface area contributed by atoms with Gasteiger partial charge in [0, 0.05) is 6.54 Å². The fourth-order valence-corrected chi connectivity index (χ4v) is 2.11. The SMILES string of the molecule is CONC(=O)C(=O)N1CCc2cccc(C)c21. The molecule has 0 spiro atoms. The van der Waals surface area contributed by atoms with Crippen molar-refractivity contribution in [2.45, 2.75) is 13.3 Å². The Kier molecular flexibility index (Phi) is 3.10. The zero-order valence-electron chi connectivity index (χ0n) is 9.82. The first kappa shape index (κ1) is 11.6. The Morgan fingerprint density at radius 2 is 2.18 bits per heavy atom. The summed E-state index contributed by atoms with van der Waals surface area (Å²) >= 11 is 0. The van der Waals surface area contributed by atoms with Gasteiger partial charge in [-0.1, -0.05) is 18.2 Å². The quantitative estimate of drug-likeness (QED) is 0.570. The molecular weight excluding hydrogens is 220 g/mol. The number of carbonyl (C=O) groups excluding carboxylic acids is 2. The van der Waals surface area contributed by atoms with Crippen molar-refractivity contribution in [3.05, 3.63) is 29.3 Å². The minimum Gasteiger partial charge on any atom is -0.303 e. The number of hydrogen-bond acceptors (Lipinski definition) is 3. The van der Waals surface area contributed by atoms with E-state index in [1.165, 1.54) is 12.0 Å². The van der Waals surface area contributed by atoms with E-state index < -0.39 is 11.8 Å². The summed E-state index contributed by atoms with van der Waals surface area (Å²) in [5.41, 5.74) is 4.99. The summed E-state index contributed by atoms with van der Waals surface area (Å²) in [7, 11) is 1.30. The molecule has 0 unspecified atom stereocenters. The average molecular weight is 234 g/mol. The summed E-state index contributed by atoms with van der Waals surface area (Å²) in [6, 6.07) is 5.86. The second kappa shape index (κ2) is 4.55. The Bertz CT molecular complexity index is 471. The van der Waals surface area contributed by atoms with E-state index in [-0.39, 0.29) is 0 Å². The normalized spacial score (nSPS) is 13.4. The maximum absolute atomic E-state index is 11.9. The second-order valence-corrected chi connectivity index (χ2v) is 3.92. The molecule has 1 aliphatic heterocycles. The van der Waals surface area contributed by atoms with Gasteiger partial charge in [0.1, 0.15) is 0 Å². The highest BCUT2D eigenvalue weighted by molar-refractivity contribution is 6.40. The monoisotopic (exact) mass is 234 g/mol. The van der Waals surface area contributed by atoms with Crippen LogP contribution in [-0.2, 0) is 20.8 Å². The zero-order chi connectivity index (χ0) is 12.4. The summed E-state index contributed by atoms with van der Waals surface area (Å²) in [5, 5.41) is 0. The van der Waals surface area contributed by atoms with Gasteiger partial charge in [0.15, 0.2) is 0 Å². The maximum Gasteiger partial charge on any atom is 0.333 e. The van der Waals surface area contributed by atoms with Crippen LogP contribution in [0.4, 0.5) is 5.69 Å². The first-order chi connectivity index (χ1) is 8.15. The Balaban J connectivity index is 2.28. The third kappa shape index (κ3) is 2.01. The summed E-state index contributed by atoms with van der Waals surface area (Å²) < 4.78 is 0. The lowest BCUT2D eigenvalue weighted by molar-refractivity contribution is -0.144. The van der Waals surface area contributed by atoms with Gasteiger partial charge in [-0.25, -0.2) is 5.48 Å². The molecule has 5 heteroatoms. The van der Waals surface area contributed by atoms with Crippen LogP contribution in [0.1, 0.15) is 11.1 Å². The van der Waals surface area contributed by atoms with Crippen molar-refractivity contribution in [2.24, 2.45) is 0 Å².